The van der Waals surface area contributed by atoms with Gasteiger partial charge in [0.1, 0.15) is 12.1 Å². The van der Waals surface area contributed by atoms with E-state index in [9.17, 15) is 36.0 Å². The standard InChI is InChI=1S/C46H54N4O10S4/c1-3-59-45(53)33-17-21-47(22-18-33)43(51)41-27-37(29-49(41)63(55,56)39-15-13-31-9-5-7-11-35(31)25-39)61-62-38-28-42(44(52)48-23-19-34(20-24-48)46(54)60-4-2)50(30-38)64(57,58)40-16-14-32-10-6-8-12-36(32)26-40/h5-16,25-26,33-34,37-38,41-42H,3-4,17-24,27-30H2,1-2H3/t37-,38-,41+,42+/m1/s1. The van der Waals surface area contributed by atoms with Crippen molar-refractivity contribution in [3.8, 4) is 0 Å². The van der Waals surface area contributed by atoms with Crippen molar-refractivity contribution in [1.29, 1.82) is 0 Å². The van der Waals surface area contributed by atoms with Gasteiger partial charge in [-0.15, -0.1) is 0 Å². The average Bonchev–Trinajstić information content (AvgIpc) is 3.97. The zero-order valence-electron chi connectivity index (χ0n) is 36.0. The van der Waals surface area contributed by atoms with Crippen LogP contribution in [0.5, 0.6) is 0 Å². The molecule has 0 saturated carbocycles. The predicted molar refractivity (Wildman–Crippen MR) is 247 cm³/mol. The highest BCUT2D eigenvalue weighted by atomic mass is 33.1. The van der Waals surface area contributed by atoms with Crippen LogP contribution in [-0.2, 0) is 48.7 Å². The molecule has 2 amide bonds. The summed E-state index contributed by atoms with van der Waals surface area (Å²) in [7, 11) is -5.47. The summed E-state index contributed by atoms with van der Waals surface area (Å²) >= 11 is 0. The fraction of sp³-hybridized carbons (Fsp3) is 0.478. The smallest absolute Gasteiger partial charge is 0.309 e. The zero-order chi connectivity index (χ0) is 45.2. The quantitative estimate of drug-likeness (QED) is 0.115. The molecule has 0 aromatic heterocycles. The summed E-state index contributed by atoms with van der Waals surface area (Å²) in [5, 5.41) is 2.60. The van der Waals surface area contributed by atoms with Gasteiger partial charge in [0.15, 0.2) is 0 Å². The Hall–Kier alpha value is -4.20. The van der Waals surface area contributed by atoms with Crippen LogP contribution in [0.3, 0.4) is 0 Å². The predicted octanol–water partition coefficient (Wildman–Crippen LogP) is 5.94. The number of carbonyl (C=O) groups excluding carboxylic acids is 4. The third-order valence-corrected chi connectivity index (χ3v) is 19.9. The van der Waals surface area contributed by atoms with E-state index in [1.807, 2.05) is 48.5 Å². The van der Waals surface area contributed by atoms with Gasteiger partial charge in [-0.05, 0) is 98.2 Å². The second kappa shape index (κ2) is 19.7. The molecule has 4 aromatic rings. The summed E-state index contributed by atoms with van der Waals surface area (Å²) in [6.45, 7) is 5.34. The van der Waals surface area contributed by atoms with Crippen LogP contribution in [-0.4, -0.2) is 134 Å². The molecule has 4 atom stereocenters. The Kier molecular flexibility index (Phi) is 14.3. The SMILES string of the molecule is CCOC(=O)C1CCN(C(=O)[C@@H]2C[C@@H](SS[C@@H]3C[C@@H](C(=O)N4CCC(C(=O)OCC)CC4)N(S(=O)(=O)c4ccc5ccccc5c4)C3)CN2S(=O)(=O)c2ccc3ccccc3c2)CC1. The van der Waals surface area contributed by atoms with E-state index in [1.165, 1.54) is 30.2 Å². The van der Waals surface area contributed by atoms with Gasteiger partial charge in [-0.3, -0.25) is 19.2 Å². The molecule has 4 aromatic carbocycles. The third-order valence-electron chi connectivity index (χ3n) is 12.8. The summed E-state index contributed by atoms with van der Waals surface area (Å²) < 4.78 is 71.3. The second-order valence-corrected chi connectivity index (χ2v) is 23.5. The number of amides is 2. The van der Waals surface area contributed by atoms with Crippen molar-refractivity contribution in [3.63, 3.8) is 0 Å². The van der Waals surface area contributed by atoms with E-state index < -0.39 is 32.1 Å². The highest BCUT2D eigenvalue weighted by molar-refractivity contribution is 8.77. The minimum Gasteiger partial charge on any atom is -0.466 e. The number of carbonyl (C=O) groups is 4. The molecule has 0 unspecified atom stereocenters. The number of ether oxygens (including phenoxy) is 2. The Morgan fingerprint density at radius 1 is 0.547 bits per heavy atom. The number of hydrogen-bond acceptors (Lipinski definition) is 12. The molecule has 0 radical (unpaired) electrons. The Balaban J connectivity index is 1.02. The van der Waals surface area contributed by atoms with Crippen LogP contribution >= 0.6 is 21.6 Å². The van der Waals surface area contributed by atoms with Gasteiger partial charge in [-0.1, -0.05) is 82.3 Å². The maximum Gasteiger partial charge on any atom is 0.309 e. The van der Waals surface area contributed by atoms with Crippen molar-refractivity contribution in [3.05, 3.63) is 84.9 Å². The monoisotopic (exact) mass is 950 g/mol. The fourth-order valence-corrected chi connectivity index (χ4v) is 15.9. The van der Waals surface area contributed by atoms with E-state index in [4.69, 9.17) is 9.47 Å². The summed E-state index contributed by atoms with van der Waals surface area (Å²) in [5.41, 5.74) is 0. The minimum atomic E-state index is -4.16. The van der Waals surface area contributed by atoms with Crippen LogP contribution in [0.2, 0.25) is 0 Å². The van der Waals surface area contributed by atoms with Crippen molar-refractivity contribution >= 4 is 86.9 Å². The fourth-order valence-electron chi connectivity index (χ4n) is 9.35. The Morgan fingerprint density at radius 2 is 0.906 bits per heavy atom. The molecule has 0 bridgehead atoms. The first kappa shape index (κ1) is 46.3. The number of piperidine rings is 2. The van der Waals surface area contributed by atoms with Crippen molar-refractivity contribution < 1.29 is 45.5 Å². The lowest BCUT2D eigenvalue weighted by Gasteiger charge is -2.34. The molecule has 64 heavy (non-hydrogen) atoms. The minimum absolute atomic E-state index is 0.0477. The molecule has 0 N–H and O–H groups in total. The number of esters is 2. The molecule has 4 heterocycles. The molecule has 4 saturated heterocycles. The molecule has 4 fully saturated rings. The summed E-state index contributed by atoms with van der Waals surface area (Å²) in [6.07, 6.45) is 2.15. The Labute approximate surface area is 382 Å². The van der Waals surface area contributed by atoms with E-state index >= 15 is 0 Å². The van der Waals surface area contributed by atoms with Crippen LogP contribution in [0.25, 0.3) is 21.5 Å². The summed E-state index contributed by atoms with van der Waals surface area (Å²) in [4.78, 5) is 57.2. The number of likely N-dealkylation sites (tertiary alicyclic amines) is 2. The molecular formula is C46H54N4O10S4. The van der Waals surface area contributed by atoms with Crippen molar-refractivity contribution in [1.82, 2.24) is 18.4 Å². The maximum atomic E-state index is 14.6. The highest BCUT2D eigenvalue weighted by Gasteiger charge is 2.49. The second-order valence-electron chi connectivity index (χ2n) is 16.8. The van der Waals surface area contributed by atoms with Gasteiger partial charge in [-0.2, -0.15) is 8.61 Å². The maximum absolute atomic E-state index is 14.6. The molecule has 4 aliphatic heterocycles. The Bertz CT molecular complexity index is 2440. The van der Waals surface area contributed by atoms with Crippen LogP contribution in [0.15, 0.2) is 94.7 Å². The normalized spacial score (nSPS) is 23.2. The van der Waals surface area contributed by atoms with E-state index in [0.717, 1.165) is 21.5 Å². The van der Waals surface area contributed by atoms with Crippen LogP contribution in [0.4, 0.5) is 0 Å². The third kappa shape index (κ3) is 9.68. The number of fused-ring (bicyclic) bond motifs is 2. The van der Waals surface area contributed by atoms with Gasteiger partial charge in [0.25, 0.3) is 0 Å². The summed E-state index contributed by atoms with van der Waals surface area (Å²) in [5.74, 6) is -1.86. The Morgan fingerprint density at radius 3 is 1.27 bits per heavy atom. The van der Waals surface area contributed by atoms with Gasteiger partial charge in [0, 0.05) is 49.8 Å². The average molecular weight is 951 g/mol. The van der Waals surface area contributed by atoms with E-state index in [-0.39, 0.29) is 95.0 Å². The van der Waals surface area contributed by atoms with Crippen LogP contribution < -0.4 is 0 Å². The lowest BCUT2D eigenvalue weighted by atomic mass is 9.96. The number of benzene rings is 4. The number of hydrogen-bond donors (Lipinski definition) is 0. The molecule has 0 aliphatic carbocycles. The lowest BCUT2D eigenvalue weighted by molar-refractivity contribution is -0.152. The highest BCUT2D eigenvalue weighted by Crippen LogP contribution is 2.45. The van der Waals surface area contributed by atoms with Crippen molar-refractivity contribution in [2.24, 2.45) is 11.8 Å². The lowest BCUT2D eigenvalue weighted by Crippen LogP contribution is -2.50. The van der Waals surface area contributed by atoms with Gasteiger partial charge in [0.2, 0.25) is 31.9 Å². The topological polar surface area (TPSA) is 168 Å². The summed E-state index contributed by atoms with van der Waals surface area (Å²) in [6, 6.07) is 22.9. The van der Waals surface area contributed by atoms with Crippen LogP contribution in [0, 0.1) is 11.8 Å². The first-order chi connectivity index (χ1) is 30.8. The molecule has 8 rings (SSSR count). The van der Waals surface area contributed by atoms with Crippen molar-refractivity contribution in [2.75, 3.05) is 52.5 Å². The molecular weight excluding hydrogens is 897 g/mol. The molecule has 14 nitrogen and oxygen atoms in total. The van der Waals surface area contributed by atoms with Crippen molar-refractivity contribution in [2.45, 2.75) is 84.7 Å². The number of sulfonamides is 2. The van der Waals surface area contributed by atoms with Gasteiger partial charge in [0.05, 0.1) is 34.8 Å². The molecule has 0 spiro atoms. The molecule has 18 heteroatoms. The number of nitrogens with zero attached hydrogens (tertiary/aromatic N) is 4. The molecule has 4 aliphatic rings. The first-order valence-electron chi connectivity index (χ1n) is 22.0. The van der Waals surface area contributed by atoms with Crippen LogP contribution in [0.1, 0.15) is 52.4 Å². The van der Waals surface area contributed by atoms with E-state index in [1.54, 1.807) is 60.0 Å². The van der Waals surface area contributed by atoms with E-state index in [0.29, 0.717) is 51.9 Å². The number of rotatable bonds is 13. The largest absolute Gasteiger partial charge is 0.466 e. The zero-order valence-corrected chi connectivity index (χ0v) is 39.2. The molecule has 342 valence electrons. The van der Waals surface area contributed by atoms with Gasteiger partial charge < -0.3 is 19.3 Å². The van der Waals surface area contributed by atoms with Gasteiger partial charge >= 0.3 is 11.9 Å². The van der Waals surface area contributed by atoms with E-state index in [2.05, 4.69) is 0 Å². The van der Waals surface area contributed by atoms with Gasteiger partial charge in [-0.25, -0.2) is 16.8 Å². The first-order valence-corrected chi connectivity index (χ1v) is 27.2.